The van der Waals surface area contributed by atoms with E-state index in [1.807, 2.05) is 25.7 Å². The molecule has 0 aromatic heterocycles. The lowest BCUT2D eigenvalue weighted by atomic mass is 9.81. The maximum atomic E-state index is 12.3. The molecule has 0 aromatic rings. The highest BCUT2D eigenvalue weighted by atomic mass is 32.2. The standard InChI is InChI=1S/C18H34N2O2S/c1-13-11-14(19-15-12-23-10-8-18(15,5)6)7-9-20(13)16(21)22-17(2,3)4/h13-15,19H,7-12H2,1-6H3. The zero-order chi connectivity index (χ0) is 17.3. The first kappa shape index (κ1) is 18.9. The highest BCUT2D eigenvalue weighted by molar-refractivity contribution is 7.99. The number of hydrogen-bond donors (Lipinski definition) is 1. The summed E-state index contributed by atoms with van der Waals surface area (Å²) in [4.78, 5) is 14.2. The van der Waals surface area contributed by atoms with Crippen LogP contribution >= 0.6 is 11.8 Å². The van der Waals surface area contributed by atoms with E-state index in [9.17, 15) is 4.79 Å². The third-order valence-corrected chi connectivity index (χ3v) is 6.12. The number of amides is 1. The van der Waals surface area contributed by atoms with E-state index in [2.05, 4.69) is 37.8 Å². The quantitative estimate of drug-likeness (QED) is 0.826. The van der Waals surface area contributed by atoms with Crippen molar-refractivity contribution in [3.8, 4) is 0 Å². The fourth-order valence-corrected chi connectivity index (χ4v) is 5.03. The van der Waals surface area contributed by atoms with E-state index in [-0.39, 0.29) is 12.1 Å². The molecular formula is C18H34N2O2S. The number of carbonyl (C=O) groups is 1. The van der Waals surface area contributed by atoms with Gasteiger partial charge in [0.05, 0.1) is 0 Å². The van der Waals surface area contributed by atoms with Gasteiger partial charge in [0.2, 0.25) is 0 Å². The highest BCUT2D eigenvalue weighted by Crippen LogP contribution is 2.35. The van der Waals surface area contributed by atoms with Crippen LogP contribution in [-0.4, -0.2) is 52.8 Å². The van der Waals surface area contributed by atoms with E-state index in [0.717, 1.165) is 19.4 Å². The van der Waals surface area contributed by atoms with Crippen LogP contribution in [-0.2, 0) is 4.74 Å². The van der Waals surface area contributed by atoms with Gasteiger partial charge in [-0.15, -0.1) is 0 Å². The van der Waals surface area contributed by atoms with Gasteiger partial charge in [0, 0.05) is 30.4 Å². The summed E-state index contributed by atoms with van der Waals surface area (Å²) in [6, 6.07) is 1.31. The van der Waals surface area contributed by atoms with Gasteiger partial charge < -0.3 is 15.0 Å². The molecule has 2 fully saturated rings. The summed E-state index contributed by atoms with van der Waals surface area (Å²) in [5, 5.41) is 3.89. The van der Waals surface area contributed by atoms with Crippen molar-refractivity contribution >= 4 is 17.9 Å². The average molecular weight is 343 g/mol. The van der Waals surface area contributed by atoms with Crippen molar-refractivity contribution in [2.24, 2.45) is 5.41 Å². The fraction of sp³-hybridized carbons (Fsp3) is 0.944. The second-order valence-electron chi connectivity index (χ2n) is 8.78. The number of nitrogens with one attached hydrogen (secondary N) is 1. The van der Waals surface area contributed by atoms with Crippen molar-refractivity contribution in [3.05, 3.63) is 0 Å². The average Bonchev–Trinajstić information content (AvgIpc) is 2.39. The molecule has 5 heteroatoms. The van der Waals surface area contributed by atoms with E-state index in [0.29, 0.717) is 17.5 Å². The predicted octanol–water partition coefficient (Wildman–Crippen LogP) is 3.90. The molecule has 2 heterocycles. The number of thioether (sulfide) groups is 1. The molecule has 2 aliphatic rings. The fourth-order valence-electron chi connectivity index (χ4n) is 3.41. The summed E-state index contributed by atoms with van der Waals surface area (Å²) in [5.74, 6) is 2.48. The molecule has 3 atom stereocenters. The van der Waals surface area contributed by atoms with Gasteiger partial charge >= 0.3 is 6.09 Å². The molecule has 2 rings (SSSR count). The van der Waals surface area contributed by atoms with E-state index in [1.54, 1.807) is 0 Å². The molecule has 2 saturated heterocycles. The van der Waals surface area contributed by atoms with Gasteiger partial charge in [0.25, 0.3) is 0 Å². The molecular weight excluding hydrogens is 308 g/mol. The van der Waals surface area contributed by atoms with Gasteiger partial charge in [0.15, 0.2) is 0 Å². The molecule has 2 aliphatic heterocycles. The number of ether oxygens (including phenoxy) is 1. The summed E-state index contributed by atoms with van der Waals surface area (Å²) in [6.45, 7) is 13.5. The molecule has 0 aliphatic carbocycles. The molecule has 0 spiro atoms. The lowest BCUT2D eigenvalue weighted by Crippen LogP contribution is -2.56. The molecule has 4 nitrogen and oxygen atoms in total. The number of nitrogens with zero attached hydrogens (tertiary/aromatic N) is 1. The molecule has 1 N–H and O–H groups in total. The number of rotatable bonds is 2. The van der Waals surface area contributed by atoms with E-state index in [1.165, 1.54) is 17.9 Å². The number of carbonyl (C=O) groups excluding carboxylic acids is 1. The van der Waals surface area contributed by atoms with Gasteiger partial charge in [-0.2, -0.15) is 11.8 Å². The molecule has 0 bridgehead atoms. The second kappa shape index (κ2) is 7.22. The Morgan fingerprint density at radius 2 is 2.04 bits per heavy atom. The van der Waals surface area contributed by atoms with Crippen LogP contribution in [0.15, 0.2) is 0 Å². The number of piperidine rings is 1. The van der Waals surface area contributed by atoms with E-state index >= 15 is 0 Å². The van der Waals surface area contributed by atoms with Gasteiger partial charge in [-0.05, 0) is 58.1 Å². The van der Waals surface area contributed by atoms with Gasteiger partial charge in [-0.3, -0.25) is 0 Å². The molecule has 0 aromatic carbocycles. The SMILES string of the molecule is CC1CC(NC2CSCCC2(C)C)CCN1C(=O)OC(C)(C)C. The van der Waals surface area contributed by atoms with Crippen molar-refractivity contribution in [3.63, 3.8) is 0 Å². The smallest absolute Gasteiger partial charge is 0.410 e. The topological polar surface area (TPSA) is 41.6 Å². The van der Waals surface area contributed by atoms with Crippen LogP contribution in [0.25, 0.3) is 0 Å². The summed E-state index contributed by atoms with van der Waals surface area (Å²) in [6.07, 6.45) is 3.14. The van der Waals surface area contributed by atoms with Crippen LogP contribution in [0.3, 0.4) is 0 Å². The van der Waals surface area contributed by atoms with Crippen LogP contribution < -0.4 is 5.32 Å². The minimum atomic E-state index is -0.421. The molecule has 0 saturated carbocycles. The van der Waals surface area contributed by atoms with Crippen LogP contribution in [0, 0.1) is 5.41 Å². The first-order valence-corrected chi connectivity index (χ1v) is 10.1. The third-order valence-electron chi connectivity index (χ3n) is 5.06. The zero-order valence-electron chi connectivity index (χ0n) is 15.6. The Morgan fingerprint density at radius 1 is 1.35 bits per heavy atom. The van der Waals surface area contributed by atoms with E-state index < -0.39 is 5.60 Å². The Morgan fingerprint density at radius 3 is 2.61 bits per heavy atom. The number of hydrogen-bond acceptors (Lipinski definition) is 4. The maximum Gasteiger partial charge on any atom is 0.410 e. The zero-order valence-corrected chi connectivity index (χ0v) is 16.5. The Balaban J connectivity index is 1.87. The van der Waals surface area contributed by atoms with Crippen LogP contribution in [0.5, 0.6) is 0 Å². The maximum absolute atomic E-state index is 12.3. The normalized spacial score (nSPS) is 31.7. The monoisotopic (exact) mass is 342 g/mol. The highest BCUT2D eigenvalue weighted by Gasteiger charge is 2.37. The molecule has 23 heavy (non-hydrogen) atoms. The second-order valence-corrected chi connectivity index (χ2v) is 9.93. The molecule has 3 unspecified atom stereocenters. The van der Waals surface area contributed by atoms with Crippen molar-refractivity contribution in [1.29, 1.82) is 0 Å². The minimum absolute atomic E-state index is 0.169. The number of likely N-dealkylation sites (tertiary alicyclic amines) is 1. The third kappa shape index (κ3) is 5.28. The van der Waals surface area contributed by atoms with Crippen LogP contribution in [0.2, 0.25) is 0 Å². The van der Waals surface area contributed by atoms with Gasteiger partial charge in [0.1, 0.15) is 5.60 Å². The first-order valence-electron chi connectivity index (χ1n) is 8.92. The van der Waals surface area contributed by atoms with Crippen LogP contribution in [0.1, 0.15) is 60.8 Å². The van der Waals surface area contributed by atoms with Crippen LogP contribution in [0.4, 0.5) is 4.79 Å². The Hall–Kier alpha value is -0.420. The summed E-state index contributed by atoms with van der Waals surface area (Å²) in [7, 11) is 0. The lowest BCUT2D eigenvalue weighted by molar-refractivity contribution is 0.00832. The molecule has 134 valence electrons. The predicted molar refractivity (Wildman–Crippen MR) is 98.1 cm³/mol. The molecule has 1 amide bonds. The molecule has 0 radical (unpaired) electrons. The Labute approximate surface area is 146 Å². The minimum Gasteiger partial charge on any atom is -0.444 e. The first-order chi connectivity index (χ1) is 10.6. The van der Waals surface area contributed by atoms with Crippen molar-refractivity contribution in [1.82, 2.24) is 10.2 Å². The van der Waals surface area contributed by atoms with Gasteiger partial charge in [-0.1, -0.05) is 13.8 Å². The summed E-state index contributed by atoms with van der Waals surface area (Å²) < 4.78 is 5.53. The van der Waals surface area contributed by atoms with Crippen molar-refractivity contribution < 1.29 is 9.53 Å². The van der Waals surface area contributed by atoms with Gasteiger partial charge in [-0.25, -0.2) is 4.79 Å². The lowest BCUT2D eigenvalue weighted by Gasteiger charge is -2.44. The largest absolute Gasteiger partial charge is 0.444 e. The summed E-state index contributed by atoms with van der Waals surface area (Å²) >= 11 is 2.06. The summed E-state index contributed by atoms with van der Waals surface area (Å²) in [5.41, 5.74) is -0.0496. The van der Waals surface area contributed by atoms with Crippen molar-refractivity contribution in [2.75, 3.05) is 18.1 Å². The van der Waals surface area contributed by atoms with Crippen molar-refractivity contribution in [2.45, 2.75) is 84.5 Å². The Kier molecular flexibility index (Phi) is 5.94. The Bertz CT molecular complexity index is 420. The van der Waals surface area contributed by atoms with E-state index in [4.69, 9.17) is 4.74 Å².